The standard InChI is InChI=1S/C17H19NO3/c1-11-4-3-5-15(20)16(11)17(21)18-14-8-6-13(7-9-14)10-12(2)19/h3,5-9,11,19-20H,2,4,10H2,1H3,(H,18,21). The minimum atomic E-state index is -0.288. The van der Waals surface area contributed by atoms with Crippen LogP contribution in [-0.2, 0) is 11.2 Å². The van der Waals surface area contributed by atoms with Crippen molar-refractivity contribution in [3.63, 3.8) is 0 Å². The van der Waals surface area contributed by atoms with Crippen molar-refractivity contribution in [2.45, 2.75) is 19.8 Å². The minimum Gasteiger partial charge on any atom is -0.513 e. The highest BCUT2D eigenvalue weighted by Gasteiger charge is 2.22. The highest BCUT2D eigenvalue weighted by atomic mass is 16.3. The van der Waals surface area contributed by atoms with E-state index in [1.54, 1.807) is 18.2 Å². The van der Waals surface area contributed by atoms with Gasteiger partial charge >= 0.3 is 0 Å². The maximum atomic E-state index is 12.2. The largest absolute Gasteiger partial charge is 0.513 e. The van der Waals surface area contributed by atoms with Crippen LogP contribution in [0.5, 0.6) is 0 Å². The number of allylic oxidation sites excluding steroid dienone is 3. The molecule has 0 aromatic heterocycles. The zero-order chi connectivity index (χ0) is 15.4. The number of benzene rings is 1. The molecule has 1 amide bonds. The second-order valence-electron chi connectivity index (χ2n) is 5.23. The average molecular weight is 285 g/mol. The number of nitrogens with one attached hydrogen (secondary N) is 1. The van der Waals surface area contributed by atoms with E-state index in [9.17, 15) is 9.90 Å². The van der Waals surface area contributed by atoms with Crippen molar-refractivity contribution in [3.05, 3.63) is 65.7 Å². The first kappa shape index (κ1) is 14.9. The van der Waals surface area contributed by atoms with Crippen LogP contribution in [-0.4, -0.2) is 16.1 Å². The second kappa shape index (κ2) is 6.31. The summed E-state index contributed by atoms with van der Waals surface area (Å²) in [6.07, 6.45) is 4.55. The van der Waals surface area contributed by atoms with Gasteiger partial charge in [0.2, 0.25) is 0 Å². The molecule has 4 heteroatoms. The molecule has 1 aromatic carbocycles. The molecule has 2 rings (SSSR count). The summed E-state index contributed by atoms with van der Waals surface area (Å²) >= 11 is 0. The lowest BCUT2D eigenvalue weighted by atomic mass is 9.91. The van der Waals surface area contributed by atoms with Crippen LogP contribution in [0, 0.1) is 5.92 Å². The average Bonchev–Trinajstić information content (AvgIpc) is 2.40. The highest BCUT2D eigenvalue weighted by Crippen LogP contribution is 2.25. The predicted molar refractivity (Wildman–Crippen MR) is 83.1 cm³/mol. The van der Waals surface area contributed by atoms with E-state index >= 15 is 0 Å². The van der Waals surface area contributed by atoms with Gasteiger partial charge in [-0.2, -0.15) is 0 Å². The number of aliphatic hydroxyl groups excluding tert-OH is 2. The molecule has 1 unspecified atom stereocenters. The van der Waals surface area contributed by atoms with Gasteiger partial charge in [0.1, 0.15) is 5.76 Å². The van der Waals surface area contributed by atoms with Gasteiger partial charge in [-0.25, -0.2) is 0 Å². The summed E-state index contributed by atoms with van der Waals surface area (Å²) in [4.78, 5) is 12.2. The van der Waals surface area contributed by atoms with Crippen molar-refractivity contribution in [2.24, 2.45) is 5.92 Å². The smallest absolute Gasteiger partial charge is 0.255 e. The Morgan fingerprint density at radius 3 is 2.62 bits per heavy atom. The molecule has 0 bridgehead atoms. The van der Waals surface area contributed by atoms with Crippen LogP contribution >= 0.6 is 0 Å². The summed E-state index contributed by atoms with van der Waals surface area (Å²) in [6.45, 7) is 5.35. The fraction of sp³-hybridized carbons (Fsp3) is 0.235. The summed E-state index contributed by atoms with van der Waals surface area (Å²) in [6, 6.07) is 7.15. The molecule has 1 aliphatic carbocycles. The van der Waals surface area contributed by atoms with Crippen molar-refractivity contribution < 1.29 is 15.0 Å². The lowest BCUT2D eigenvalue weighted by molar-refractivity contribution is -0.113. The molecule has 0 heterocycles. The van der Waals surface area contributed by atoms with Crippen LogP contribution in [0.3, 0.4) is 0 Å². The van der Waals surface area contributed by atoms with E-state index in [0.29, 0.717) is 17.7 Å². The van der Waals surface area contributed by atoms with Crippen LogP contribution in [0.2, 0.25) is 0 Å². The number of carbonyl (C=O) groups excluding carboxylic acids is 1. The topological polar surface area (TPSA) is 69.6 Å². The van der Waals surface area contributed by atoms with Crippen molar-refractivity contribution >= 4 is 11.6 Å². The van der Waals surface area contributed by atoms with Crippen molar-refractivity contribution in [3.8, 4) is 0 Å². The van der Waals surface area contributed by atoms with Crippen LogP contribution < -0.4 is 5.32 Å². The van der Waals surface area contributed by atoms with Crippen LogP contribution in [0.4, 0.5) is 5.69 Å². The Bertz CT molecular complexity index is 611. The fourth-order valence-corrected chi connectivity index (χ4v) is 2.32. The van der Waals surface area contributed by atoms with E-state index in [4.69, 9.17) is 5.11 Å². The Labute approximate surface area is 124 Å². The molecule has 1 aliphatic rings. The first-order valence-corrected chi connectivity index (χ1v) is 6.84. The number of rotatable bonds is 4. The van der Waals surface area contributed by atoms with E-state index < -0.39 is 0 Å². The molecule has 1 atom stereocenters. The van der Waals surface area contributed by atoms with Gasteiger partial charge in [-0.15, -0.1) is 0 Å². The van der Waals surface area contributed by atoms with E-state index in [0.717, 1.165) is 12.0 Å². The highest BCUT2D eigenvalue weighted by molar-refractivity contribution is 6.04. The zero-order valence-corrected chi connectivity index (χ0v) is 12.0. The van der Waals surface area contributed by atoms with Gasteiger partial charge in [0.15, 0.2) is 0 Å². The maximum absolute atomic E-state index is 12.2. The van der Waals surface area contributed by atoms with Gasteiger partial charge < -0.3 is 15.5 Å². The van der Waals surface area contributed by atoms with E-state index in [-0.39, 0.29) is 23.3 Å². The summed E-state index contributed by atoms with van der Waals surface area (Å²) in [7, 11) is 0. The molecule has 0 saturated heterocycles. The van der Waals surface area contributed by atoms with Gasteiger partial charge in [0, 0.05) is 12.1 Å². The molecule has 0 aliphatic heterocycles. The van der Waals surface area contributed by atoms with E-state index in [1.807, 2.05) is 25.1 Å². The van der Waals surface area contributed by atoms with Crippen molar-refractivity contribution in [1.29, 1.82) is 0 Å². The monoisotopic (exact) mass is 285 g/mol. The molecule has 4 nitrogen and oxygen atoms in total. The Kier molecular flexibility index (Phi) is 4.48. The number of hydrogen-bond donors (Lipinski definition) is 3. The van der Waals surface area contributed by atoms with Gasteiger partial charge in [0.25, 0.3) is 5.91 Å². The molecule has 0 saturated carbocycles. The Morgan fingerprint density at radius 2 is 2.05 bits per heavy atom. The van der Waals surface area contributed by atoms with Gasteiger partial charge in [-0.05, 0) is 36.1 Å². The van der Waals surface area contributed by atoms with Gasteiger partial charge in [-0.1, -0.05) is 31.7 Å². The normalized spacial score (nSPS) is 17.7. The summed E-state index contributed by atoms with van der Waals surface area (Å²) in [5.74, 6) is -0.167. The molecule has 3 N–H and O–H groups in total. The quantitative estimate of drug-likeness (QED) is 0.740. The van der Waals surface area contributed by atoms with E-state index in [1.165, 1.54) is 0 Å². The van der Waals surface area contributed by atoms with Gasteiger partial charge in [0.05, 0.1) is 11.3 Å². The third kappa shape index (κ3) is 3.75. The second-order valence-corrected chi connectivity index (χ2v) is 5.23. The van der Waals surface area contributed by atoms with Crippen LogP contribution in [0.1, 0.15) is 18.9 Å². The zero-order valence-electron chi connectivity index (χ0n) is 12.0. The predicted octanol–water partition coefficient (Wildman–Crippen LogP) is 3.65. The van der Waals surface area contributed by atoms with Crippen molar-refractivity contribution in [1.82, 2.24) is 0 Å². The Balaban J connectivity index is 2.09. The number of anilines is 1. The minimum absolute atomic E-state index is 0.00742. The summed E-state index contributed by atoms with van der Waals surface area (Å²) in [5.41, 5.74) is 1.97. The van der Waals surface area contributed by atoms with Crippen LogP contribution in [0.15, 0.2) is 60.1 Å². The molecular weight excluding hydrogens is 266 g/mol. The number of amides is 1. The number of carbonyl (C=O) groups is 1. The van der Waals surface area contributed by atoms with Crippen LogP contribution in [0.25, 0.3) is 0 Å². The number of hydrogen-bond acceptors (Lipinski definition) is 3. The molecule has 21 heavy (non-hydrogen) atoms. The lowest BCUT2D eigenvalue weighted by Gasteiger charge is -2.18. The SMILES string of the molecule is C=C(O)Cc1ccc(NC(=O)C2=C(O)C=CCC2C)cc1. The van der Waals surface area contributed by atoms with Crippen molar-refractivity contribution in [2.75, 3.05) is 5.32 Å². The third-order valence-corrected chi connectivity index (χ3v) is 3.40. The Morgan fingerprint density at radius 1 is 1.38 bits per heavy atom. The molecular formula is C17H19NO3. The first-order chi connectivity index (χ1) is 9.97. The first-order valence-electron chi connectivity index (χ1n) is 6.84. The third-order valence-electron chi connectivity index (χ3n) is 3.40. The molecule has 0 fully saturated rings. The fourth-order valence-electron chi connectivity index (χ4n) is 2.32. The summed E-state index contributed by atoms with van der Waals surface area (Å²) in [5, 5.41) is 21.7. The summed E-state index contributed by atoms with van der Waals surface area (Å²) < 4.78 is 0. The van der Waals surface area contributed by atoms with E-state index in [2.05, 4.69) is 11.9 Å². The molecule has 1 aromatic rings. The molecule has 110 valence electrons. The Hall–Kier alpha value is -2.49. The maximum Gasteiger partial charge on any atom is 0.255 e. The number of aliphatic hydroxyl groups is 2. The van der Waals surface area contributed by atoms with Gasteiger partial charge in [-0.3, -0.25) is 4.79 Å². The molecule has 0 spiro atoms. The molecule has 0 radical (unpaired) electrons. The lowest BCUT2D eigenvalue weighted by Crippen LogP contribution is -2.22.